The number of rotatable bonds is 5. The van der Waals surface area contributed by atoms with Crippen molar-refractivity contribution in [3.05, 3.63) is 34.3 Å². The summed E-state index contributed by atoms with van der Waals surface area (Å²) in [7, 11) is 3.95. The van der Waals surface area contributed by atoms with Crippen LogP contribution < -0.4 is 10.2 Å². The highest BCUT2D eigenvalue weighted by molar-refractivity contribution is 7.09. The quantitative estimate of drug-likeness (QED) is 0.909. The third-order valence-electron chi connectivity index (χ3n) is 2.87. The lowest BCUT2D eigenvalue weighted by Crippen LogP contribution is -2.18. The molecule has 0 fully saturated rings. The molecule has 0 spiro atoms. The van der Waals surface area contributed by atoms with Crippen molar-refractivity contribution < 1.29 is 0 Å². The van der Waals surface area contributed by atoms with Gasteiger partial charge in [0.2, 0.25) is 0 Å². The van der Waals surface area contributed by atoms with Crippen molar-refractivity contribution in [2.75, 3.05) is 24.3 Å². The highest BCUT2D eigenvalue weighted by Crippen LogP contribution is 2.21. The van der Waals surface area contributed by atoms with Crippen LogP contribution in [0.2, 0.25) is 0 Å². The molecule has 2 heterocycles. The normalized spacial score (nSPS) is 10.8. The first-order valence-corrected chi connectivity index (χ1v) is 7.28. The predicted molar refractivity (Wildman–Crippen MR) is 82.1 cm³/mol. The molecule has 19 heavy (non-hydrogen) atoms. The molecule has 0 unspecified atom stereocenters. The molecule has 0 saturated heterocycles. The molecule has 5 heteroatoms. The molecular weight excluding hydrogens is 256 g/mol. The third kappa shape index (κ3) is 3.44. The molecule has 2 rings (SSSR count). The van der Waals surface area contributed by atoms with Gasteiger partial charge in [-0.1, -0.05) is 19.9 Å². The van der Waals surface area contributed by atoms with Crippen LogP contribution in [-0.2, 0) is 6.54 Å². The Balaban J connectivity index is 2.24. The van der Waals surface area contributed by atoms with Crippen LogP contribution in [0.1, 0.15) is 30.5 Å². The van der Waals surface area contributed by atoms with Crippen LogP contribution >= 0.6 is 11.3 Å². The van der Waals surface area contributed by atoms with Gasteiger partial charge in [0.15, 0.2) is 0 Å². The van der Waals surface area contributed by atoms with Crippen LogP contribution in [0.25, 0.3) is 0 Å². The number of aromatic nitrogens is 2. The second-order valence-electron chi connectivity index (χ2n) is 4.81. The molecule has 0 aromatic carbocycles. The van der Waals surface area contributed by atoms with Gasteiger partial charge in [-0.05, 0) is 11.4 Å². The first-order valence-electron chi connectivity index (χ1n) is 6.40. The molecular formula is C14H20N4S. The van der Waals surface area contributed by atoms with Gasteiger partial charge < -0.3 is 10.2 Å². The van der Waals surface area contributed by atoms with E-state index in [1.54, 1.807) is 11.3 Å². The lowest BCUT2D eigenvalue weighted by atomic mass is 10.2. The molecule has 0 saturated carbocycles. The van der Waals surface area contributed by atoms with Gasteiger partial charge in [-0.25, -0.2) is 9.97 Å². The minimum absolute atomic E-state index is 0.321. The van der Waals surface area contributed by atoms with Gasteiger partial charge in [0.25, 0.3) is 0 Å². The molecule has 0 aliphatic rings. The largest absolute Gasteiger partial charge is 0.373 e. The van der Waals surface area contributed by atoms with Gasteiger partial charge in [0.05, 0.1) is 6.54 Å². The zero-order valence-corrected chi connectivity index (χ0v) is 12.7. The number of anilines is 2. The van der Waals surface area contributed by atoms with E-state index in [-0.39, 0.29) is 0 Å². The molecule has 0 atom stereocenters. The Morgan fingerprint density at radius 1 is 1.37 bits per heavy atom. The van der Waals surface area contributed by atoms with E-state index in [4.69, 9.17) is 0 Å². The molecule has 1 N–H and O–H groups in total. The van der Waals surface area contributed by atoms with Gasteiger partial charge in [0.1, 0.15) is 17.5 Å². The van der Waals surface area contributed by atoms with Gasteiger partial charge in [-0.15, -0.1) is 11.3 Å². The van der Waals surface area contributed by atoms with Crippen LogP contribution in [0.3, 0.4) is 0 Å². The zero-order chi connectivity index (χ0) is 13.8. The van der Waals surface area contributed by atoms with Gasteiger partial charge in [-0.2, -0.15) is 0 Å². The molecule has 2 aromatic heterocycles. The Morgan fingerprint density at radius 3 is 2.74 bits per heavy atom. The van der Waals surface area contributed by atoms with E-state index in [1.807, 2.05) is 13.1 Å². The smallest absolute Gasteiger partial charge is 0.135 e. The molecule has 0 aliphatic carbocycles. The third-order valence-corrected chi connectivity index (χ3v) is 3.73. The number of hydrogen-bond donors (Lipinski definition) is 1. The Hall–Kier alpha value is -1.62. The topological polar surface area (TPSA) is 41.0 Å². The maximum absolute atomic E-state index is 4.64. The average molecular weight is 276 g/mol. The first-order chi connectivity index (χ1) is 9.10. The average Bonchev–Trinajstić information content (AvgIpc) is 2.90. The maximum atomic E-state index is 4.64. The van der Waals surface area contributed by atoms with Crippen LogP contribution in [-0.4, -0.2) is 24.1 Å². The van der Waals surface area contributed by atoms with E-state index in [0.29, 0.717) is 5.92 Å². The van der Waals surface area contributed by atoms with Gasteiger partial charge >= 0.3 is 0 Å². The minimum Gasteiger partial charge on any atom is -0.373 e. The van der Waals surface area contributed by atoms with Gasteiger partial charge in [0, 0.05) is 31.0 Å². The summed E-state index contributed by atoms with van der Waals surface area (Å²) in [6.45, 7) is 5.09. The summed E-state index contributed by atoms with van der Waals surface area (Å²) in [6.07, 6.45) is 0. The lowest BCUT2D eigenvalue weighted by molar-refractivity contribution is 0.765. The van der Waals surface area contributed by atoms with Crippen molar-refractivity contribution in [2.24, 2.45) is 0 Å². The monoisotopic (exact) mass is 276 g/mol. The molecule has 102 valence electrons. The highest BCUT2D eigenvalue weighted by Gasteiger charge is 2.11. The van der Waals surface area contributed by atoms with Gasteiger partial charge in [-0.3, -0.25) is 0 Å². The predicted octanol–water partition coefficient (Wildman–Crippen LogP) is 3.34. The Labute approximate surface area is 118 Å². The summed E-state index contributed by atoms with van der Waals surface area (Å²) < 4.78 is 0. The van der Waals surface area contributed by atoms with E-state index >= 15 is 0 Å². The second-order valence-corrected chi connectivity index (χ2v) is 5.84. The van der Waals surface area contributed by atoms with Crippen LogP contribution in [0.4, 0.5) is 11.6 Å². The minimum atomic E-state index is 0.321. The van der Waals surface area contributed by atoms with Crippen molar-refractivity contribution in [2.45, 2.75) is 26.3 Å². The van der Waals surface area contributed by atoms with E-state index in [1.165, 1.54) is 4.88 Å². The molecule has 0 bridgehead atoms. The summed E-state index contributed by atoms with van der Waals surface area (Å²) in [5.74, 6) is 3.02. The van der Waals surface area contributed by atoms with Crippen LogP contribution in [0.15, 0.2) is 23.6 Å². The Morgan fingerprint density at radius 2 is 2.16 bits per heavy atom. The van der Waals surface area contributed by atoms with Crippen molar-refractivity contribution in [3.63, 3.8) is 0 Å². The summed E-state index contributed by atoms with van der Waals surface area (Å²) in [6, 6.07) is 6.20. The van der Waals surface area contributed by atoms with Crippen LogP contribution in [0.5, 0.6) is 0 Å². The van der Waals surface area contributed by atoms with Crippen molar-refractivity contribution >= 4 is 23.0 Å². The van der Waals surface area contributed by atoms with Crippen LogP contribution in [0, 0.1) is 0 Å². The molecule has 0 aliphatic heterocycles. The lowest BCUT2D eigenvalue weighted by Gasteiger charge is -2.19. The van der Waals surface area contributed by atoms with E-state index in [2.05, 4.69) is 58.6 Å². The molecule has 2 aromatic rings. The van der Waals surface area contributed by atoms with Crippen molar-refractivity contribution in [1.82, 2.24) is 9.97 Å². The highest BCUT2D eigenvalue weighted by atomic mass is 32.1. The molecule has 0 amide bonds. The fourth-order valence-corrected chi connectivity index (χ4v) is 2.51. The maximum Gasteiger partial charge on any atom is 0.135 e. The number of nitrogens with one attached hydrogen (secondary N) is 1. The Bertz CT molecular complexity index is 522. The standard InChI is InChI=1S/C14H20N4S/c1-10(2)14-16-12(15-3)8-13(17-14)18(4)9-11-6-5-7-19-11/h5-8,10H,9H2,1-4H3,(H,15,16,17). The Kier molecular flexibility index (Phi) is 4.37. The summed E-state index contributed by atoms with van der Waals surface area (Å²) in [4.78, 5) is 12.6. The van der Waals surface area contributed by atoms with E-state index in [0.717, 1.165) is 24.0 Å². The molecule has 0 radical (unpaired) electrons. The van der Waals surface area contributed by atoms with Crippen molar-refractivity contribution in [3.8, 4) is 0 Å². The first kappa shape index (κ1) is 13.8. The van der Waals surface area contributed by atoms with E-state index < -0.39 is 0 Å². The number of nitrogens with zero attached hydrogens (tertiary/aromatic N) is 3. The van der Waals surface area contributed by atoms with E-state index in [9.17, 15) is 0 Å². The SMILES string of the molecule is CNc1cc(N(C)Cc2cccs2)nc(C(C)C)n1. The number of thiophene rings is 1. The fraction of sp³-hybridized carbons (Fsp3) is 0.429. The zero-order valence-electron chi connectivity index (χ0n) is 11.8. The fourth-order valence-electron chi connectivity index (χ4n) is 1.75. The summed E-state index contributed by atoms with van der Waals surface area (Å²) in [5.41, 5.74) is 0. The second kappa shape index (κ2) is 6.02. The van der Waals surface area contributed by atoms with Crippen molar-refractivity contribution in [1.29, 1.82) is 0 Å². The summed E-state index contributed by atoms with van der Waals surface area (Å²) in [5, 5.41) is 5.20. The number of hydrogen-bond acceptors (Lipinski definition) is 5. The molecule has 4 nitrogen and oxygen atoms in total. The summed E-state index contributed by atoms with van der Waals surface area (Å²) >= 11 is 1.77.